The van der Waals surface area contributed by atoms with Crippen LogP contribution in [0, 0.1) is 11.7 Å². The molecule has 1 aliphatic rings. The number of halogens is 2. The minimum absolute atomic E-state index is 0.0184. The van der Waals surface area contributed by atoms with Gasteiger partial charge in [-0.05, 0) is 24.5 Å². The number of benzene rings is 1. The SMILES string of the molecule is CC1CCN(S(=O)(=O)c2cccc(Cl)c2F)CC1O. The summed E-state index contributed by atoms with van der Waals surface area (Å²) in [5.41, 5.74) is 0. The summed E-state index contributed by atoms with van der Waals surface area (Å²) < 4.78 is 39.6. The maximum absolute atomic E-state index is 13.8. The van der Waals surface area contributed by atoms with Crippen molar-refractivity contribution in [3.05, 3.63) is 29.0 Å². The second-order valence-electron chi connectivity index (χ2n) is 4.75. The summed E-state index contributed by atoms with van der Waals surface area (Å²) in [5, 5.41) is 9.53. The summed E-state index contributed by atoms with van der Waals surface area (Å²) in [6, 6.07) is 3.87. The van der Waals surface area contributed by atoms with Crippen LogP contribution in [0.4, 0.5) is 4.39 Å². The van der Waals surface area contributed by atoms with Crippen LogP contribution in [0.25, 0.3) is 0 Å². The molecule has 0 aromatic heterocycles. The van der Waals surface area contributed by atoms with Crippen LogP contribution in [0.5, 0.6) is 0 Å². The maximum Gasteiger partial charge on any atom is 0.246 e. The number of aliphatic hydroxyl groups excluding tert-OH is 1. The highest BCUT2D eigenvalue weighted by molar-refractivity contribution is 7.89. The first-order valence-corrected chi connectivity index (χ1v) is 7.78. The van der Waals surface area contributed by atoms with Crippen LogP contribution >= 0.6 is 11.6 Å². The Balaban J connectivity index is 2.35. The van der Waals surface area contributed by atoms with Crippen molar-refractivity contribution in [1.29, 1.82) is 0 Å². The normalized spacial score (nSPS) is 25.5. The number of rotatable bonds is 2. The zero-order chi connectivity index (χ0) is 14.2. The lowest BCUT2D eigenvalue weighted by molar-refractivity contribution is 0.0604. The number of β-amino-alcohol motifs (C(OH)–C–C–N with tert-alkyl or cyclic N) is 1. The molecule has 1 aliphatic heterocycles. The highest BCUT2D eigenvalue weighted by Crippen LogP contribution is 2.28. The largest absolute Gasteiger partial charge is 0.391 e. The Morgan fingerprint density at radius 3 is 2.79 bits per heavy atom. The van der Waals surface area contributed by atoms with Crippen molar-refractivity contribution < 1.29 is 17.9 Å². The molecular weight excluding hydrogens is 293 g/mol. The third kappa shape index (κ3) is 2.76. The second-order valence-corrected chi connectivity index (χ2v) is 7.06. The molecule has 2 unspecified atom stereocenters. The van der Waals surface area contributed by atoms with E-state index in [-0.39, 0.29) is 24.0 Å². The lowest BCUT2D eigenvalue weighted by Crippen LogP contribution is -2.45. The van der Waals surface area contributed by atoms with E-state index in [2.05, 4.69) is 0 Å². The van der Waals surface area contributed by atoms with Gasteiger partial charge in [-0.15, -0.1) is 0 Å². The Hall–Kier alpha value is -0.690. The van der Waals surface area contributed by atoms with Gasteiger partial charge in [0, 0.05) is 13.1 Å². The van der Waals surface area contributed by atoms with Crippen LogP contribution in [-0.2, 0) is 10.0 Å². The summed E-state index contributed by atoms with van der Waals surface area (Å²) in [7, 11) is -3.96. The zero-order valence-corrected chi connectivity index (χ0v) is 12.0. The van der Waals surface area contributed by atoms with Crippen molar-refractivity contribution in [3.8, 4) is 0 Å². The zero-order valence-electron chi connectivity index (χ0n) is 10.4. The standard InChI is InChI=1S/C12H15ClFNO3S/c1-8-5-6-15(7-10(8)16)19(17,18)11-4-2-3-9(13)12(11)14/h2-4,8,10,16H,5-7H2,1H3. The summed E-state index contributed by atoms with van der Waals surface area (Å²) in [6.45, 7) is 2.11. The van der Waals surface area contributed by atoms with Gasteiger partial charge in [-0.25, -0.2) is 12.8 Å². The summed E-state index contributed by atoms with van der Waals surface area (Å²) >= 11 is 5.60. The van der Waals surface area contributed by atoms with E-state index in [0.717, 1.165) is 4.31 Å². The molecule has 0 spiro atoms. The van der Waals surface area contributed by atoms with E-state index in [9.17, 15) is 17.9 Å². The fourth-order valence-electron chi connectivity index (χ4n) is 2.06. The minimum Gasteiger partial charge on any atom is -0.391 e. The number of sulfonamides is 1. The first-order valence-electron chi connectivity index (χ1n) is 5.96. The number of nitrogens with zero attached hydrogens (tertiary/aromatic N) is 1. The Labute approximate surface area is 116 Å². The lowest BCUT2D eigenvalue weighted by atomic mass is 9.98. The Morgan fingerprint density at radius 1 is 1.47 bits per heavy atom. The molecule has 1 aromatic rings. The van der Waals surface area contributed by atoms with Crippen LogP contribution in [0.3, 0.4) is 0 Å². The topological polar surface area (TPSA) is 57.6 Å². The van der Waals surface area contributed by atoms with E-state index in [4.69, 9.17) is 11.6 Å². The van der Waals surface area contributed by atoms with Crippen molar-refractivity contribution in [2.45, 2.75) is 24.3 Å². The Morgan fingerprint density at radius 2 is 2.16 bits per heavy atom. The summed E-state index contributed by atoms with van der Waals surface area (Å²) in [5.74, 6) is -0.909. The van der Waals surface area contributed by atoms with Gasteiger partial charge in [0.1, 0.15) is 4.90 Å². The van der Waals surface area contributed by atoms with Crippen LogP contribution in [0.15, 0.2) is 23.1 Å². The van der Waals surface area contributed by atoms with E-state index in [1.807, 2.05) is 6.92 Å². The second kappa shape index (κ2) is 5.36. The van der Waals surface area contributed by atoms with Gasteiger partial charge in [-0.1, -0.05) is 24.6 Å². The number of piperidine rings is 1. The Bertz CT molecular complexity index is 578. The predicted octanol–water partition coefficient (Wildman–Crippen LogP) is 1.87. The number of hydrogen-bond acceptors (Lipinski definition) is 3. The van der Waals surface area contributed by atoms with Crippen LogP contribution < -0.4 is 0 Å². The minimum atomic E-state index is -3.96. The van der Waals surface area contributed by atoms with Gasteiger partial charge in [-0.2, -0.15) is 4.31 Å². The molecular formula is C12H15ClFNO3S. The third-order valence-corrected chi connectivity index (χ3v) is 5.59. The van der Waals surface area contributed by atoms with E-state index >= 15 is 0 Å². The van der Waals surface area contributed by atoms with Crippen molar-refractivity contribution in [1.82, 2.24) is 4.31 Å². The van der Waals surface area contributed by atoms with Gasteiger partial charge in [-0.3, -0.25) is 0 Å². The lowest BCUT2D eigenvalue weighted by Gasteiger charge is -2.33. The van der Waals surface area contributed by atoms with Crippen molar-refractivity contribution >= 4 is 21.6 Å². The fourth-order valence-corrected chi connectivity index (χ4v) is 3.85. The first-order chi connectivity index (χ1) is 8.84. The van der Waals surface area contributed by atoms with Gasteiger partial charge in [0.15, 0.2) is 5.82 Å². The average Bonchev–Trinajstić information content (AvgIpc) is 2.35. The molecule has 0 aliphatic carbocycles. The Kier molecular flexibility index (Phi) is 4.15. The molecule has 2 atom stereocenters. The highest BCUT2D eigenvalue weighted by atomic mass is 35.5. The van der Waals surface area contributed by atoms with Gasteiger partial charge < -0.3 is 5.11 Å². The average molecular weight is 308 g/mol. The monoisotopic (exact) mass is 307 g/mol. The van der Waals surface area contributed by atoms with Crippen LogP contribution in [-0.4, -0.2) is 37.0 Å². The molecule has 0 saturated carbocycles. The molecule has 1 aromatic carbocycles. The third-order valence-electron chi connectivity index (χ3n) is 3.42. The van der Waals surface area contributed by atoms with E-state index in [1.165, 1.54) is 18.2 Å². The molecule has 1 N–H and O–H groups in total. The first kappa shape index (κ1) is 14.7. The summed E-state index contributed by atoms with van der Waals surface area (Å²) in [4.78, 5) is -0.443. The smallest absolute Gasteiger partial charge is 0.246 e. The van der Waals surface area contributed by atoms with Gasteiger partial charge in [0.25, 0.3) is 0 Å². The number of aliphatic hydroxyl groups is 1. The van der Waals surface area contributed by atoms with Crippen LogP contribution in [0.1, 0.15) is 13.3 Å². The van der Waals surface area contributed by atoms with Crippen LogP contribution in [0.2, 0.25) is 5.02 Å². The molecule has 7 heteroatoms. The number of hydrogen-bond donors (Lipinski definition) is 1. The summed E-state index contributed by atoms with van der Waals surface area (Å²) in [6.07, 6.45) is -0.187. The molecule has 1 heterocycles. The molecule has 0 amide bonds. The van der Waals surface area contributed by atoms with E-state index in [0.29, 0.717) is 6.42 Å². The molecule has 1 saturated heterocycles. The predicted molar refractivity (Wildman–Crippen MR) is 70.0 cm³/mol. The molecule has 1 fully saturated rings. The molecule has 0 radical (unpaired) electrons. The van der Waals surface area contributed by atoms with Crippen molar-refractivity contribution in [2.75, 3.05) is 13.1 Å². The van der Waals surface area contributed by atoms with Gasteiger partial charge in [0.05, 0.1) is 11.1 Å². The molecule has 19 heavy (non-hydrogen) atoms. The highest BCUT2D eigenvalue weighted by Gasteiger charge is 2.34. The van der Waals surface area contributed by atoms with E-state index in [1.54, 1.807) is 0 Å². The van der Waals surface area contributed by atoms with Gasteiger partial charge >= 0.3 is 0 Å². The van der Waals surface area contributed by atoms with E-state index < -0.39 is 26.8 Å². The quantitative estimate of drug-likeness (QED) is 0.907. The molecule has 4 nitrogen and oxygen atoms in total. The molecule has 0 bridgehead atoms. The molecule has 106 valence electrons. The molecule has 2 rings (SSSR count). The van der Waals surface area contributed by atoms with Gasteiger partial charge in [0.2, 0.25) is 10.0 Å². The fraction of sp³-hybridized carbons (Fsp3) is 0.500. The maximum atomic E-state index is 13.8. The van der Waals surface area contributed by atoms with Crippen molar-refractivity contribution in [3.63, 3.8) is 0 Å². The van der Waals surface area contributed by atoms with Crippen molar-refractivity contribution in [2.24, 2.45) is 5.92 Å².